The van der Waals surface area contributed by atoms with Crippen LogP contribution in [-0.2, 0) is 109 Å². The van der Waals surface area contributed by atoms with E-state index < -0.39 is 6.04 Å². The van der Waals surface area contributed by atoms with Gasteiger partial charge in [0.25, 0.3) is 0 Å². The highest BCUT2D eigenvalue weighted by atomic mass is 16.5. The van der Waals surface area contributed by atoms with Crippen LogP contribution in [0.3, 0.4) is 0 Å². The van der Waals surface area contributed by atoms with Crippen LogP contribution in [0.5, 0.6) is 86.2 Å². The van der Waals surface area contributed by atoms with Crippen LogP contribution >= 0.6 is 0 Å². The number of hydrogen-bond acceptors (Lipinski definition) is 17. The molecule has 0 radical (unpaired) electrons. The third-order valence-corrected chi connectivity index (χ3v) is 22.6. The summed E-state index contributed by atoms with van der Waals surface area (Å²) in [5.74, 6) is 7.94. The number of rotatable bonds is 50. The van der Waals surface area contributed by atoms with E-state index in [0.717, 1.165) is 77.9 Å². The smallest absolute Gasteiger partial charge is 0.247 e. The van der Waals surface area contributed by atoms with Crippen LogP contribution in [0.25, 0.3) is 0 Å². The maximum absolute atomic E-state index is 13.8. The van der Waals surface area contributed by atoms with Gasteiger partial charge in [0.15, 0.2) is 0 Å². The molecule has 16 aromatic carbocycles. The summed E-state index contributed by atoms with van der Waals surface area (Å²) in [4.78, 5) is 27.2. The van der Waals surface area contributed by atoms with Gasteiger partial charge < -0.3 is 81.3 Å². The summed E-state index contributed by atoms with van der Waals surface area (Å²) in [5, 5.41) is 3.05. The SMILES string of the molecule is Cc1cc(NC(=O)[C@H](C(C)C)N(C)C=O)cc(C)c1OCc1cc(OCc2cc(OCc3cc(OCc4ccccc4)cc(OCc4ccccc4)c3)cc(OCc3cc(OCc4ccccc4)cc(OCc4ccccc4)c3)c2)cc(OCc2cc(OCc3cc(OCc4ccccc4)cc(OCc4ccccc4)c3)cc(OCc3cc(OCc4ccccc4)cc(OCc4ccccc4)c3)c2)c1. The van der Waals surface area contributed by atoms with Crippen molar-refractivity contribution < 1.29 is 80.6 Å². The van der Waals surface area contributed by atoms with Crippen molar-refractivity contribution in [2.45, 2.75) is 133 Å². The molecule has 16 aromatic rings. The fraction of sp³-hybridized carbons (Fsp3) is 0.183. The van der Waals surface area contributed by atoms with Gasteiger partial charge in [-0.05, 0) is 211 Å². The van der Waals surface area contributed by atoms with Gasteiger partial charge in [-0.15, -0.1) is 0 Å². The number of hydrogen-bond donors (Lipinski definition) is 1. The van der Waals surface area contributed by atoms with Crippen LogP contribution in [0.4, 0.5) is 5.69 Å². The Balaban J connectivity index is 0.725. The standard InChI is InChI=1S/C120H112N2O17/c1-85(2)118(122(5)84-123)120(124)121-103-46-86(3)119(87(4)47-103)139-83-102-60-116(137-81-100-56-112(133-77-96-48-104(125-69-88-30-14-6-15-31-88)62-105(49-96)126-70-89-32-16-7-17-33-89)66-113(57-100)134-78-97-50-106(127-71-90-34-18-8-19-35-90)63-107(51-97)128-72-91-36-20-9-21-37-91)68-117(61-102)138-82-101-58-114(135-79-98-52-108(129-73-92-38-22-10-23-39-92)64-109(53-98)130-74-93-40-24-11-25-41-93)67-115(59-101)136-80-99-54-110(131-75-94-42-26-12-27-43-94)65-111(55-99)132-76-95-44-28-13-29-45-95/h6-68,84-85,118H,69-83H2,1-5H3,(H,121,124)/t118-/m0/s1. The van der Waals surface area contributed by atoms with Crippen molar-refractivity contribution in [3.63, 3.8) is 0 Å². The number of anilines is 1. The lowest BCUT2D eigenvalue weighted by molar-refractivity contribution is -0.130. The fourth-order valence-electron chi connectivity index (χ4n) is 15.7. The average Bonchev–Trinajstić information content (AvgIpc) is 0.846. The second-order valence-corrected chi connectivity index (χ2v) is 34.3. The Labute approximate surface area is 812 Å². The Morgan fingerprint density at radius 1 is 0.230 bits per heavy atom. The highest BCUT2D eigenvalue weighted by Gasteiger charge is 2.27. The van der Waals surface area contributed by atoms with Gasteiger partial charge >= 0.3 is 0 Å². The van der Waals surface area contributed by atoms with Crippen LogP contribution in [0.1, 0.15) is 108 Å². The van der Waals surface area contributed by atoms with E-state index in [1.807, 2.05) is 410 Å². The summed E-state index contributed by atoms with van der Waals surface area (Å²) >= 11 is 0. The van der Waals surface area contributed by atoms with E-state index in [2.05, 4.69) is 5.32 Å². The van der Waals surface area contributed by atoms with Crippen LogP contribution in [0, 0.1) is 19.8 Å². The molecule has 0 heterocycles. The van der Waals surface area contributed by atoms with Crippen molar-refractivity contribution in [3.05, 3.63) is 477 Å². The molecule has 16 rings (SSSR count). The van der Waals surface area contributed by atoms with Crippen LogP contribution in [-0.4, -0.2) is 30.3 Å². The van der Waals surface area contributed by atoms with E-state index in [1.165, 1.54) is 4.90 Å². The van der Waals surface area contributed by atoms with E-state index in [4.69, 9.17) is 71.1 Å². The number of carbonyl (C=O) groups is 2. The van der Waals surface area contributed by atoms with Gasteiger partial charge in [0, 0.05) is 55.2 Å². The first-order chi connectivity index (χ1) is 68.1. The minimum absolute atomic E-state index is 0.0229. The van der Waals surface area contributed by atoms with Gasteiger partial charge in [-0.1, -0.05) is 257 Å². The number of carbonyl (C=O) groups excluding carboxylic acids is 2. The number of nitrogens with zero attached hydrogens (tertiary/aromatic N) is 1. The molecule has 0 bridgehead atoms. The quantitative estimate of drug-likeness (QED) is 0.0354. The molecule has 0 spiro atoms. The Morgan fingerprint density at radius 3 is 0.532 bits per heavy atom. The van der Waals surface area contributed by atoms with Gasteiger partial charge in [0.1, 0.15) is 191 Å². The maximum atomic E-state index is 13.8. The molecule has 0 saturated heterocycles. The molecule has 0 saturated carbocycles. The Bertz CT molecular complexity index is 5690. The second kappa shape index (κ2) is 49.1. The third-order valence-electron chi connectivity index (χ3n) is 22.6. The molecular formula is C120H112N2O17. The summed E-state index contributed by atoms with van der Waals surface area (Å²) in [6.07, 6.45) is 0.669. The normalized spacial score (nSPS) is 11.2. The number of nitrogens with one attached hydrogen (secondary N) is 1. The van der Waals surface area contributed by atoms with E-state index in [-0.39, 0.29) is 58.1 Å². The van der Waals surface area contributed by atoms with Gasteiger partial charge in [-0.2, -0.15) is 0 Å². The molecule has 139 heavy (non-hydrogen) atoms. The van der Waals surface area contributed by atoms with Gasteiger partial charge in [0.2, 0.25) is 12.3 Å². The van der Waals surface area contributed by atoms with Crippen molar-refractivity contribution in [3.8, 4) is 86.2 Å². The minimum atomic E-state index is -0.693. The predicted molar refractivity (Wildman–Crippen MR) is 539 cm³/mol. The Hall–Kier alpha value is -16.5. The zero-order chi connectivity index (χ0) is 95.5. The zero-order valence-electron chi connectivity index (χ0n) is 78.6. The lowest BCUT2D eigenvalue weighted by Gasteiger charge is -2.27. The van der Waals surface area contributed by atoms with Crippen LogP contribution in [0.15, 0.2) is 382 Å². The van der Waals surface area contributed by atoms with Crippen molar-refractivity contribution in [1.82, 2.24) is 4.90 Å². The highest BCUT2D eigenvalue weighted by molar-refractivity contribution is 5.96. The minimum Gasteiger partial charge on any atom is -0.489 e. The molecule has 19 nitrogen and oxygen atoms in total. The zero-order valence-corrected chi connectivity index (χ0v) is 78.6. The molecule has 1 N–H and O–H groups in total. The molecule has 19 heteroatoms. The van der Waals surface area contributed by atoms with Gasteiger partial charge in [0.05, 0.1) is 0 Å². The van der Waals surface area contributed by atoms with Crippen molar-refractivity contribution in [1.29, 1.82) is 0 Å². The Kier molecular flexibility index (Phi) is 33.8. The van der Waals surface area contributed by atoms with Gasteiger partial charge in [-0.3, -0.25) is 9.59 Å². The molecule has 0 aromatic heterocycles. The molecular weight excluding hydrogens is 1740 g/mol. The summed E-state index contributed by atoms with van der Waals surface area (Å²) < 4.78 is 100. The lowest BCUT2D eigenvalue weighted by Crippen LogP contribution is -2.44. The number of likely N-dealkylation sites (N-methyl/N-ethyl adjacent to an activating group) is 1. The molecule has 0 fully saturated rings. The largest absolute Gasteiger partial charge is 0.489 e. The molecule has 1 atom stereocenters. The molecule has 704 valence electrons. The third kappa shape index (κ3) is 30.0. The van der Waals surface area contributed by atoms with Crippen molar-refractivity contribution in [2.24, 2.45) is 5.92 Å². The van der Waals surface area contributed by atoms with Gasteiger partial charge in [-0.25, -0.2) is 0 Å². The number of benzene rings is 16. The van der Waals surface area contributed by atoms with Crippen LogP contribution in [0.2, 0.25) is 0 Å². The van der Waals surface area contributed by atoms with Crippen molar-refractivity contribution in [2.75, 3.05) is 12.4 Å². The molecule has 0 unspecified atom stereocenters. The number of aryl methyl sites for hydroxylation is 2. The average molecular weight is 1850 g/mol. The fourth-order valence-corrected chi connectivity index (χ4v) is 15.7. The Morgan fingerprint density at radius 2 is 0.381 bits per heavy atom. The first-order valence-corrected chi connectivity index (χ1v) is 46.4. The first kappa shape index (κ1) is 95.6. The molecule has 0 aliphatic heterocycles. The number of ether oxygens (including phenoxy) is 15. The molecule has 0 aliphatic carbocycles. The van der Waals surface area contributed by atoms with E-state index >= 15 is 0 Å². The molecule has 0 aliphatic rings. The van der Waals surface area contributed by atoms with E-state index in [9.17, 15) is 9.59 Å². The maximum Gasteiger partial charge on any atom is 0.247 e. The lowest BCUT2D eigenvalue weighted by atomic mass is 10.0. The van der Waals surface area contributed by atoms with Crippen molar-refractivity contribution >= 4 is 18.0 Å². The first-order valence-electron chi connectivity index (χ1n) is 46.4. The van der Waals surface area contributed by atoms with Crippen LogP contribution < -0.4 is 76.4 Å². The summed E-state index contributed by atoms with van der Waals surface area (Å²) in [7, 11) is 1.61. The predicted octanol–water partition coefficient (Wildman–Crippen LogP) is 26.0. The monoisotopic (exact) mass is 1850 g/mol. The number of amides is 2. The van der Waals surface area contributed by atoms with E-state index in [1.54, 1.807) is 7.05 Å². The topological polar surface area (TPSA) is 188 Å². The molecule has 2 amide bonds. The van der Waals surface area contributed by atoms with E-state index in [0.29, 0.717) is 168 Å². The second-order valence-electron chi connectivity index (χ2n) is 34.3. The summed E-state index contributed by atoms with van der Waals surface area (Å²) in [5.41, 5.74) is 15.6. The highest BCUT2D eigenvalue weighted by Crippen LogP contribution is 2.38. The summed E-state index contributed by atoms with van der Waals surface area (Å²) in [6.45, 7) is 11.0. The summed E-state index contributed by atoms with van der Waals surface area (Å²) in [6, 6.07) is 124.